The zero-order chi connectivity index (χ0) is 23.0. The van der Waals surface area contributed by atoms with Gasteiger partial charge in [0.15, 0.2) is 11.6 Å². The fourth-order valence-corrected chi connectivity index (χ4v) is 4.44. The number of aryl methyl sites for hydroxylation is 1. The Balaban J connectivity index is 1.58. The second-order valence-electron chi connectivity index (χ2n) is 7.04. The highest BCUT2D eigenvalue weighted by Crippen LogP contribution is 2.31. The number of ketones is 2. The average molecular weight is 486 g/mol. The smallest absolute Gasteiger partial charge is 0.278 e. The molecule has 0 saturated heterocycles. The molecule has 1 heterocycles. The van der Waals surface area contributed by atoms with Gasteiger partial charge in [0.2, 0.25) is 0 Å². The van der Waals surface area contributed by atoms with Crippen LogP contribution in [0.2, 0.25) is 15.1 Å². The molecule has 0 unspecified atom stereocenters. The first-order valence-electron chi connectivity index (χ1n) is 9.49. The van der Waals surface area contributed by atoms with E-state index in [0.717, 1.165) is 0 Å². The Labute approximate surface area is 198 Å². The number of fused-ring (bicyclic) bond motifs is 1. The largest absolute Gasteiger partial charge is 0.295 e. The van der Waals surface area contributed by atoms with E-state index >= 15 is 0 Å². The maximum atomic E-state index is 12.9. The molecule has 8 heteroatoms. The number of Topliss-reactive ketones (excluding diaryl/α,β-unsaturated/α-hetero) is 2. The van der Waals surface area contributed by atoms with Crippen LogP contribution >= 0.6 is 34.8 Å². The lowest BCUT2D eigenvalue weighted by atomic mass is 10.1. The minimum atomic E-state index is -0.340. The summed E-state index contributed by atoms with van der Waals surface area (Å²) in [5.41, 5.74) is 1.92. The Morgan fingerprint density at radius 3 is 2.06 bits per heavy atom. The minimum absolute atomic E-state index is 0.114. The molecule has 1 N–H and O–H groups in total. The molecule has 2 aromatic carbocycles. The third kappa shape index (κ3) is 3.91. The van der Waals surface area contributed by atoms with Crippen molar-refractivity contribution in [2.45, 2.75) is 6.92 Å². The van der Waals surface area contributed by atoms with Crippen molar-refractivity contribution in [2.75, 3.05) is 0 Å². The molecule has 0 radical (unpaired) electrons. The summed E-state index contributed by atoms with van der Waals surface area (Å²) >= 11 is 18.4. The summed E-state index contributed by atoms with van der Waals surface area (Å²) in [4.78, 5) is 37.6. The van der Waals surface area contributed by atoms with Gasteiger partial charge in [-0.25, -0.2) is 4.68 Å². The first-order valence-corrected chi connectivity index (χ1v) is 10.6. The number of carbonyl (C=O) groups excluding carboxylic acids is 2. The van der Waals surface area contributed by atoms with E-state index in [1.54, 1.807) is 55.5 Å². The van der Waals surface area contributed by atoms with Crippen LogP contribution < -0.4 is 5.56 Å². The van der Waals surface area contributed by atoms with Gasteiger partial charge >= 0.3 is 0 Å². The first kappa shape index (κ1) is 22.1. The van der Waals surface area contributed by atoms with Crippen LogP contribution in [0, 0.1) is 6.92 Å². The van der Waals surface area contributed by atoms with Crippen LogP contribution in [0.1, 0.15) is 32.0 Å². The summed E-state index contributed by atoms with van der Waals surface area (Å²) < 4.78 is 1.26. The Bertz CT molecular complexity index is 1360. The molecule has 160 valence electrons. The molecule has 0 aliphatic heterocycles. The summed E-state index contributed by atoms with van der Waals surface area (Å²) in [5, 5.41) is 3.79. The van der Waals surface area contributed by atoms with Crippen LogP contribution in [0.15, 0.2) is 71.1 Å². The number of nitrogens with zero attached hydrogens (tertiary/aromatic N) is 1. The van der Waals surface area contributed by atoms with Gasteiger partial charge in [0, 0.05) is 21.8 Å². The number of hydrogen-bond acceptors (Lipinski definition) is 3. The van der Waals surface area contributed by atoms with Crippen LogP contribution in [0.3, 0.4) is 0 Å². The van der Waals surface area contributed by atoms with Gasteiger partial charge in [-0.05, 0) is 31.2 Å². The van der Waals surface area contributed by atoms with Crippen LogP contribution in [-0.2, 0) is 0 Å². The molecule has 3 aromatic rings. The maximum absolute atomic E-state index is 12.9. The second kappa shape index (κ2) is 8.79. The number of benzene rings is 2. The Morgan fingerprint density at radius 2 is 1.47 bits per heavy atom. The third-order valence-electron chi connectivity index (χ3n) is 4.98. The van der Waals surface area contributed by atoms with E-state index in [4.69, 9.17) is 34.8 Å². The molecule has 1 aromatic heterocycles. The van der Waals surface area contributed by atoms with Gasteiger partial charge in [0.1, 0.15) is 5.69 Å². The molecule has 0 saturated carbocycles. The number of hydrogen-bond donors (Lipinski definition) is 1. The van der Waals surface area contributed by atoms with E-state index in [1.165, 1.54) is 22.9 Å². The summed E-state index contributed by atoms with van der Waals surface area (Å²) in [7, 11) is 0. The summed E-state index contributed by atoms with van der Waals surface area (Å²) in [5.74, 6) is -0.583. The van der Waals surface area contributed by atoms with E-state index < -0.39 is 0 Å². The van der Waals surface area contributed by atoms with Gasteiger partial charge in [0.05, 0.1) is 21.2 Å². The van der Waals surface area contributed by atoms with Gasteiger partial charge in [-0.2, -0.15) is 0 Å². The fourth-order valence-electron chi connectivity index (χ4n) is 3.45. The summed E-state index contributed by atoms with van der Waals surface area (Å²) in [6, 6.07) is 9.73. The van der Waals surface area contributed by atoms with Crippen LogP contribution in [0.25, 0.3) is 11.8 Å². The molecule has 0 atom stereocenters. The lowest BCUT2D eigenvalue weighted by molar-refractivity contribution is 0.0989. The molecule has 1 aliphatic rings. The van der Waals surface area contributed by atoms with Crippen molar-refractivity contribution in [1.82, 2.24) is 9.78 Å². The number of rotatable bonds is 4. The summed E-state index contributed by atoms with van der Waals surface area (Å²) in [6.07, 6.45) is 7.95. The predicted molar refractivity (Wildman–Crippen MR) is 128 cm³/mol. The number of aromatic amines is 1. The molecule has 32 heavy (non-hydrogen) atoms. The van der Waals surface area contributed by atoms with Crippen molar-refractivity contribution in [3.63, 3.8) is 0 Å². The van der Waals surface area contributed by atoms with Crippen LogP contribution in [0.4, 0.5) is 0 Å². The number of aromatic nitrogens is 2. The highest BCUT2D eigenvalue weighted by atomic mass is 35.5. The van der Waals surface area contributed by atoms with Gasteiger partial charge in [0.25, 0.3) is 5.56 Å². The average Bonchev–Trinajstić information content (AvgIpc) is 3.15. The van der Waals surface area contributed by atoms with Gasteiger partial charge in [-0.1, -0.05) is 77.3 Å². The topological polar surface area (TPSA) is 71.9 Å². The highest BCUT2D eigenvalue weighted by molar-refractivity contribution is 6.41. The van der Waals surface area contributed by atoms with E-state index in [1.807, 2.05) is 0 Å². The molecule has 0 bridgehead atoms. The number of nitrogens with one attached hydrogen (secondary N) is 1. The number of halogens is 3. The zero-order valence-corrected chi connectivity index (χ0v) is 18.9. The molecule has 0 fully saturated rings. The quantitative estimate of drug-likeness (QED) is 0.279. The molecular weight excluding hydrogens is 471 g/mol. The number of H-pyrrole nitrogens is 1. The van der Waals surface area contributed by atoms with Gasteiger partial charge in [-0.15, -0.1) is 0 Å². The molecular formula is C24H15Cl3N2O3. The SMILES string of the molecule is Cc1[nH]n(-c2c(Cl)cc(Cl)cc2Cl)c(=O)c1C=CC=CC=C1C(=O)c2ccccc2C1=O. The van der Waals surface area contributed by atoms with Crippen molar-refractivity contribution < 1.29 is 9.59 Å². The molecule has 0 amide bonds. The van der Waals surface area contributed by atoms with E-state index in [9.17, 15) is 14.4 Å². The normalized spacial score (nSPS) is 13.6. The molecule has 1 aliphatic carbocycles. The van der Waals surface area contributed by atoms with E-state index in [2.05, 4.69) is 5.10 Å². The Hall–Kier alpha value is -3.12. The van der Waals surface area contributed by atoms with Gasteiger partial charge < -0.3 is 0 Å². The predicted octanol–water partition coefficient (Wildman–Crippen LogP) is 6.01. The fraction of sp³-hybridized carbons (Fsp3) is 0.0417. The van der Waals surface area contributed by atoms with Gasteiger partial charge in [-0.3, -0.25) is 19.5 Å². The highest BCUT2D eigenvalue weighted by Gasteiger charge is 2.31. The monoisotopic (exact) mass is 484 g/mol. The Morgan fingerprint density at radius 1 is 0.875 bits per heavy atom. The first-order chi connectivity index (χ1) is 15.3. The second-order valence-corrected chi connectivity index (χ2v) is 8.29. The summed E-state index contributed by atoms with van der Waals surface area (Å²) in [6.45, 7) is 1.74. The molecule has 5 nitrogen and oxygen atoms in total. The van der Waals surface area contributed by atoms with Crippen molar-refractivity contribution in [3.05, 3.63) is 114 Å². The standard InChI is InChI=1S/C24H15Cl3N2O3/c1-13-15(24(32)29(28-13)21-19(26)11-14(25)12-20(21)27)7-3-2-4-10-18-22(30)16-8-5-6-9-17(16)23(18)31/h2-12,28H,1H3. The van der Waals surface area contributed by atoms with Crippen LogP contribution in [-0.4, -0.2) is 21.3 Å². The lowest BCUT2D eigenvalue weighted by Crippen LogP contribution is -2.16. The van der Waals surface area contributed by atoms with Crippen molar-refractivity contribution in [3.8, 4) is 5.69 Å². The van der Waals surface area contributed by atoms with E-state index in [-0.39, 0.29) is 32.7 Å². The number of allylic oxidation sites excluding steroid dienone is 5. The number of carbonyl (C=O) groups is 2. The lowest BCUT2D eigenvalue weighted by Gasteiger charge is -2.07. The van der Waals surface area contributed by atoms with Crippen molar-refractivity contribution >= 4 is 52.4 Å². The minimum Gasteiger partial charge on any atom is -0.295 e. The van der Waals surface area contributed by atoms with Crippen molar-refractivity contribution in [1.29, 1.82) is 0 Å². The van der Waals surface area contributed by atoms with E-state index in [0.29, 0.717) is 33.1 Å². The zero-order valence-electron chi connectivity index (χ0n) is 16.7. The molecule has 4 rings (SSSR count). The molecule has 0 spiro atoms. The van der Waals surface area contributed by atoms with Crippen molar-refractivity contribution in [2.24, 2.45) is 0 Å². The van der Waals surface area contributed by atoms with Crippen LogP contribution in [0.5, 0.6) is 0 Å². The Kier molecular flexibility index (Phi) is 6.07. The third-order valence-corrected chi connectivity index (χ3v) is 5.77. The maximum Gasteiger partial charge on any atom is 0.278 e.